The van der Waals surface area contributed by atoms with E-state index >= 15 is 0 Å². The highest BCUT2D eigenvalue weighted by atomic mass is 16.5. The number of nitrogens with zero attached hydrogens (tertiary/aromatic N) is 1. The van der Waals surface area contributed by atoms with Crippen LogP contribution in [0.25, 0.3) is 0 Å². The van der Waals surface area contributed by atoms with Crippen molar-refractivity contribution in [2.24, 2.45) is 11.8 Å². The van der Waals surface area contributed by atoms with Crippen molar-refractivity contribution < 1.29 is 14.3 Å². The number of amides is 2. The fraction of sp³-hybridized carbons (Fsp3) is 0.619. The SMILES string of the molecule is COc1ccccc1CN(C)C(=O)C(NC(=O)C1CCCCC1)C(C)C. The predicted molar refractivity (Wildman–Crippen MR) is 103 cm³/mol. The number of methoxy groups -OCH3 is 1. The molecule has 0 radical (unpaired) electrons. The van der Waals surface area contributed by atoms with Crippen molar-refractivity contribution in [1.82, 2.24) is 10.2 Å². The lowest BCUT2D eigenvalue weighted by Gasteiger charge is -2.29. The molecule has 26 heavy (non-hydrogen) atoms. The lowest BCUT2D eigenvalue weighted by molar-refractivity contribution is -0.138. The summed E-state index contributed by atoms with van der Waals surface area (Å²) in [7, 11) is 3.40. The molecule has 0 heterocycles. The monoisotopic (exact) mass is 360 g/mol. The summed E-state index contributed by atoms with van der Waals surface area (Å²) in [6.07, 6.45) is 5.28. The van der Waals surface area contributed by atoms with Crippen LogP contribution in [0.5, 0.6) is 5.75 Å². The predicted octanol–water partition coefficient (Wildman–Crippen LogP) is 3.37. The van der Waals surface area contributed by atoms with E-state index in [1.807, 2.05) is 38.1 Å². The second kappa shape index (κ2) is 9.60. The van der Waals surface area contributed by atoms with Crippen molar-refractivity contribution in [3.63, 3.8) is 0 Å². The van der Waals surface area contributed by atoms with Crippen molar-refractivity contribution in [1.29, 1.82) is 0 Å². The lowest BCUT2D eigenvalue weighted by atomic mass is 9.88. The molecule has 0 aromatic heterocycles. The molecule has 1 fully saturated rings. The molecule has 0 spiro atoms. The van der Waals surface area contributed by atoms with E-state index < -0.39 is 6.04 Å². The second-order valence-electron chi connectivity index (χ2n) is 7.57. The van der Waals surface area contributed by atoms with Crippen LogP contribution in [0, 0.1) is 11.8 Å². The first-order valence-corrected chi connectivity index (χ1v) is 9.61. The minimum Gasteiger partial charge on any atom is -0.496 e. The summed E-state index contributed by atoms with van der Waals surface area (Å²) in [5.74, 6) is 0.824. The topological polar surface area (TPSA) is 58.6 Å². The fourth-order valence-corrected chi connectivity index (χ4v) is 3.55. The van der Waals surface area contributed by atoms with E-state index in [2.05, 4.69) is 5.32 Å². The third-order valence-electron chi connectivity index (χ3n) is 5.18. The van der Waals surface area contributed by atoms with Gasteiger partial charge in [0, 0.05) is 25.1 Å². The summed E-state index contributed by atoms with van der Waals surface area (Å²) in [6.45, 7) is 4.40. The van der Waals surface area contributed by atoms with Gasteiger partial charge in [-0.25, -0.2) is 0 Å². The molecule has 1 atom stereocenters. The van der Waals surface area contributed by atoms with Gasteiger partial charge in [0.1, 0.15) is 11.8 Å². The maximum Gasteiger partial charge on any atom is 0.245 e. The summed E-state index contributed by atoms with van der Waals surface area (Å²) >= 11 is 0. The zero-order valence-corrected chi connectivity index (χ0v) is 16.5. The van der Waals surface area contributed by atoms with Crippen LogP contribution in [0.2, 0.25) is 0 Å². The van der Waals surface area contributed by atoms with Gasteiger partial charge in [-0.3, -0.25) is 9.59 Å². The molecule has 1 N–H and O–H groups in total. The number of hydrogen-bond acceptors (Lipinski definition) is 3. The number of ether oxygens (including phenoxy) is 1. The summed E-state index contributed by atoms with van der Waals surface area (Å²) in [4.78, 5) is 27.2. The van der Waals surface area contributed by atoms with Gasteiger partial charge in [0.05, 0.1) is 7.11 Å². The Morgan fingerprint density at radius 2 is 1.85 bits per heavy atom. The van der Waals surface area contributed by atoms with E-state index in [4.69, 9.17) is 4.74 Å². The molecule has 5 heteroatoms. The molecule has 1 aromatic rings. The molecule has 1 saturated carbocycles. The molecule has 2 amide bonds. The minimum atomic E-state index is -0.496. The highest BCUT2D eigenvalue weighted by Gasteiger charge is 2.30. The van der Waals surface area contributed by atoms with E-state index in [-0.39, 0.29) is 23.7 Å². The Bertz CT molecular complexity index is 609. The maximum atomic E-state index is 13.0. The zero-order chi connectivity index (χ0) is 19.1. The van der Waals surface area contributed by atoms with Crippen LogP contribution in [-0.2, 0) is 16.1 Å². The van der Waals surface area contributed by atoms with Crippen molar-refractivity contribution in [2.75, 3.05) is 14.2 Å². The quantitative estimate of drug-likeness (QED) is 0.811. The lowest BCUT2D eigenvalue weighted by Crippen LogP contribution is -2.51. The summed E-state index contributed by atoms with van der Waals surface area (Å²) < 4.78 is 5.37. The molecular weight excluding hydrogens is 328 g/mol. The van der Waals surface area contributed by atoms with E-state index in [1.165, 1.54) is 6.42 Å². The highest BCUT2D eigenvalue weighted by molar-refractivity contribution is 5.88. The van der Waals surface area contributed by atoms with Crippen LogP contribution < -0.4 is 10.1 Å². The van der Waals surface area contributed by atoms with E-state index in [9.17, 15) is 9.59 Å². The third-order valence-corrected chi connectivity index (χ3v) is 5.18. The standard InChI is InChI=1S/C21H32N2O3/c1-15(2)19(22-20(24)16-10-6-5-7-11-16)21(25)23(3)14-17-12-8-9-13-18(17)26-4/h8-9,12-13,15-16,19H,5-7,10-11,14H2,1-4H3,(H,22,24). The molecule has 1 aromatic carbocycles. The minimum absolute atomic E-state index is 0.0300. The number of likely N-dealkylation sites (N-methyl/N-ethyl adjacent to an activating group) is 1. The summed E-state index contributed by atoms with van der Waals surface area (Å²) in [5.41, 5.74) is 0.951. The van der Waals surface area contributed by atoms with Gasteiger partial charge < -0.3 is 15.0 Å². The average Bonchev–Trinajstić information content (AvgIpc) is 2.66. The van der Waals surface area contributed by atoms with Gasteiger partial charge in [-0.15, -0.1) is 0 Å². The largest absolute Gasteiger partial charge is 0.496 e. The Morgan fingerprint density at radius 3 is 2.46 bits per heavy atom. The zero-order valence-electron chi connectivity index (χ0n) is 16.5. The molecule has 0 bridgehead atoms. The van der Waals surface area contributed by atoms with Crippen LogP contribution in [-0.4, -0.2) is 36.9 Å². The van der Waals surface area contributed by atoms with Gasteiger partial charge in [0.2, 0.25) is 11.8 Å². The van der Waals surface area contributed by atoms with Crippen LogP contribution in [0.4, 0.5) is 0 Å². The molecule has 1 aliphatic rings. The molecule has 144 valence electrons. The van der Waals surface area contributed by atoms with Crippen molar-refractivity contribution in [2.45, 2.75) is 58.5 Å². The smallest absolute Gasteiger partial charge is 0.245 e. The number of nitrogens with one attached hydrogen (secondary N) is 1. The first-order chi connectivity index (χ1) is 12.4. The number of carbonyl (C=O) groups is 2. The third kappa shape index (κ3) is 5.23. The molecule has 2 rings (SSSR count). The normalized spacial score (nSPS) is 16.2. The molecule has 1 unspecified atom stereocenters. The molecule has 0 saturated heterocycles. The van der Waals surface area contributed by atoms with Crippen LogP contribution >= 0.6 is 0 Å². The van der Waals surface area contributed by atoms with Crippen molar-refractivity contribution >= 4 is 11.8 Å². The Hall–Kier alpha value is -2.04. The molecular formula is C21H32N2O3. The van der Waals surface area contributed by atoms with Crippen molar-refractivity contribution in [3.05, 3.63) is 29.8 Å². The molecule has 0 aliphatic heterocycles. The number of para-hydroxylation sites is 1. The Labute approximate surface area is 157 Å². The molecule has 1 aliphatic carbocycles. The van der Waals surface area contributed by atoms with Crippen molar-refractivity contribution in [3.8, 4) is 5.75 Å². The summed E-state index contributed by atoms with van der Waals surface area (Å²) in [5, 5.41) is 3.02. The average molecular weight is 360 g/mol. The van der Waals surface area contributed by atoms with E-state index in [0.29, 0.717) is 6.54 Å². The molecule has 5 nitrogen and oxygen atoms in total. The fourth-order valence-electron chi connectivity index (χ4n) is 3.55. The maximum absolute atomic E-state index is 13.0. The number of hydrogen-bond donors (Lipinski definition) is 1. The number of carbonyl (C=O) groups excluding carboxylic acids is 2. The van der Waals surface area contributed by atoms with Gasteiger partial charge in [-0.05, 0) is 24.8 Å². The number of rotatable bonds is 7. The van der Waals surface area contributed by atoms with Crippen LogP contribution in [0.1, 0.15) is 51.5 Å². The first kappa shape index (κ1) is 20.3. The Morgan fingerprint density at radius 1 is 1.19 bits per heavy atom. The highest BCUT2D eigenvalue weighted by Crippen LogP contribution is 2.24. The summed E-state index contributed by atoms with van der Waals surface area (Å²) in [6, 6.07) is 7.18. The van der Waals surface area contributed by atoms with E-state index in [1.54, 1.807) is 19.1 Å². The van der Waals surface area contributed by atoms with Gasteiger partial charge in [-0.2, -0.15) is 0 Å². The second-order valence-corrected chi connectivity index (χ2v) is 7.57. The first-order valence-electron chi connectivity index (χ1n) is 9.61. The van der Waals surface area contributed by atoms with E-state index in [0.717, 1.165) is 37.0 Å². The Balaban J connectivity index is 2.03. The van der Waals surface area contributed by atoms with Gasteiger partial charge in [0.15, 0.2) is 0 Å². The Kier molecular flexibility index (Phi) is 7.49. The van der Waals surface area contributed by atoms with Gasteiger partial charge in [-0.1, -0.05) is 51.3 Å². The van der Waals surface area contributed by atoms with Crippen LogP contribution in [0.15, 0.2) is 24.3 Å². The van der Waals surface area contributed by atoms with Crippen LogP contribution in [0.3, 0.4) is 0 Å². The number of benzene rings is 1. The van der Waals surface area contributed by atoms with Gasteiger partial charge >= 0.3 is 0 Å². The van der Waals surface area contributed by atoms with Gasteiger partial charge in [0.25, 0.3) is 0 Å².